The van der Waals surface area contributed by atoms with Crippen LogP contribution in [-0.4, -0.2) is 22.8 Å². The monoisotopic (exact) mass is 343 g/mol. The lowest BCUT2D eigenvalue weighted by atomic mass is 10.2. The molecule has 7 nitrogen and oxygen atoms in total. The Balaban J connectivity index is 2.19. The van der Waals surface area contributed by atoms with Crippen LogP contribution < -0.4 is 4.72 Å². The molecule has 1 N–H and O–H groups in total. The fourth-order valence-electron chi connectivity index (χ4n) is 2.82. The molecule has 8 heteroatoms. The van der Waals surface area contributed by atoms with Crippen LogP contribution in [0.2, 0.25) is 0 Å². The van der Waals surface area contributed by atoms with E-state index in [2.05, 4.69) is 9.82 Å². The van der Waals surface area contributed by atoms with Gasteiger partial charge in [0.15, 0.2) is 5.82 Å². The molecular formula is C16H17N5O2S. The van der Waals surface area contributed by atoms with Gasteiger partial charge >= 0.3 is 0 Å². The van der Waals surface area contributed by atoms with Crippen molar-refractivity contribution in [1.82, 2.24) is 14.3 Å². The number of rotatable bonds is 4. The van der Waals surface area contributed by atoms with Crippen molar-refractivity contribution in [1.29, 1.82) is 5.26 Å². The van der Waals surface area contributed by atoms with Crippen LogP contribution in [0.4, 0.5) is 5.82 Å². The molecule has 0 aliphatic carbocycles. The second-order valence-electron chi connectivity index (χ2n) is 5.43. The van der Waals surface area contributed by atoms with Gasteiger partial charge < -0.3 is 4.57 Å². The summed E-state index contributed by atoms with van der Waals surface area (Å²) in [7, 11) is -2.04. The Morgan fingerprint density at radius 2 is 2.04 bits per heavy atom. The largest absolute Gasteiger partial charge is 0.347 e. The fourth-order valence-corrected chi connectivity index (χ4v) is 4.38. The third-order valence-electron chi connectivity index (χ3n) is 4.10. The zero-order valence-electron chi connectivity index (χ0n) is 13.6. The molecule has 3 aromatic rings. The second-order valence-corrected chi connectivity index (χ2v) is 7.05. The van der Waals surface area contributed by atoms with Crippen molar-refractivity contribution in [3.8, 4) is 6.07 Å². The van der Waals surface area contributed by atoms with Crippen LogP contribution in [-0.2, 0) is 23.6 Å². The molecule has 0 saturated carbocycles. The van der Waals surface area contributed by atoms with E-state index in [1.807, 2.05) is 36.7 Å². The van der Waals surface area contributed by atoms with Crippen LogP contribution in [0.1, 0.15) is 18.2 Å². The number of nitriles is 1. The summed E-state index contributed by atoms with van der Waals surface area (Å²) in [4.78, 5) is 0.216. The molecule has 0 fully saturated rings. The van der Waals surface area contributed by atoms with Crippen LogP contribution in [0.5, 0.6) is 0 Å². The van der Waals surface area contributed by atoms with Crippen molar-refractivity contribution < 1.29 is 8.42 Å². The number of aryl methyl sites for hydroxylation is 2. The van der Waals surface area contributed by atoms with E-state index in [1.54, 1.807) is 19.1 Å². The number of fused-ring (bicyclic) bond motifs is 1. The number of hydrogen-bond donors (Lipinski definition) is 1. The van der Waals surface area contributed by atoms with Gasteiger partial charge in [-0.25, -0.2) is 13.1 Å². The summed E-state index contributed by atoms with van der Waals surface area (Å²) in [5.74, 6) is 0.187. The molecule has 124 valence electrons. The van der Waals surface area contributed by atoms with E-state index in [-0.39, 0.29) is 16.3 Å². The maximum absolute atomic E-state index is 13.0. The van der Waals surface area contributed by atoms with Gasteiger partial charge in [0.2, 0.25) is 0 Å². The third-order valence-corrected chi connectivity index (χ3v) is 5.62. The van der Waals surface area contributed by atoms with Crippen molar-refractivity contribution in [3.63, 3.8) is 0 Å². The van der Waals surface area contributed by atoms with Gasteiger partial charge in [-0.05, 0) is 19.9 Å². The lowest BCUT2D eigenvalue weighted by Gasteiger charge is -2.10. The first-order chi connectivity index (χ1) is 11.4. The van der Waals surface area contributed by atoms with Gasteiger partial charge in [0, 0.05) is 30.2 Å². The third kappa shape index (κ3) is 2.34. The summed E-state index contributed by atoms with van der Waals surface area (Å²) in [5.41, 5.74) is 1.66. The minimum atomic E-state index is -3.87. The Morgan fingerprint density at radius 3 is 2.71 bits per heavy atom. The summed E-state index contributed by atoms with van der Waals surface area (Å²) >= 11 is 0. The van der Waals surface area contributed by atoms with Crippen molar-refractivity contribution in [3.05, 3.63) is 41.7 Å². The van der Waals surface area contributed by atoms with Gasteiger partial charge in [-0.2, -0.15) is 10.4 Å². The second kappa shape index (κ2) is 5.69. The smallest absolute Gasteiger partial charge is 0.265 e. The van der Waals surface area contributed by atoms with E-state index in [4.69, 9.17) is 0 Å². The summed E-state index contributed by atoms with van der Waals surface area (Å²) < 4.78 is 31.8. The van der Waals surface area contributed by atoms with E-state index in [0.717, 1.165) is 5.52 Å². The number of nitrogens with zero attached hydrogens (tertiary/aromatic N) is 4. The SMILES string of the molecule is CCn1ncc(C#N)c1NS(=O)(=O)c1c(C)n(C)c2ccccc12. The van der Waals surface area contributed by atoms with Gasteiger partial charge in [0.25, 0.3) is 10.0 Å². The standard InChI is InChI=1S/C16H17N5O2S/c1-4-21-16(12(9-17)10-18-21)19-24(22,23)15-11(2)20(3)14-8-6-5-7-13(14)15/h5-8,10,19H,4H2,1-3H3. The highest BCUT2D eigenvalue weighted by Crippen LogP contribution is 2.30. The Bertz CT molecular complexity index is 1070. The number of benzene rings is 1. The molecule has 0 unspecified atom stereocenters. The van der Waals surface area contributed by atoms with Gasteiger partial charge in [-0.1, -0.05) is 18.2 Å². The zero-order chi connectivity index (χ0) is 17.5. The van der Waals surface area contributed by atoms with Crippen LogP contribution in [0.25, 0.3) is 10.9 Å². The van der Waals surface area contributed by atoms with Gasteiger partial charge in [0.1, 0.15) is 16.5 Å². The average molecular weight is 343 g/mol. The Hall–Kier alpha value is -2.79. The summed E-state index contributed by atoms with van der Waals surface area (Å²) in [6, 6.07) is 9.29. The zero-order valence-corrected chi connectivity index (χ0v) is 14.4. The molecule has 0 amide bonds. The molecule has 1 aromatic carbocycles. The molecule has 0 atom stereocenters. The summed E-state index contributed by atoms with van der Waals surface area (Å²) in [6.45, 7) is 4.04. The van der Waals surface area contributed by atoms with Crippen LogP contribution in [0.3, 0.4) is 0 Å². The Morgan fingerprint density at radius 1 is 1.33 bits per heavy atom. The van der Waals surface area contributed by atoms with Crippen molar-refractivity contribution in [2.24, 2.45) is 7.05 Å². The molecule has 0 aliphatic rings. The normalized spacial score (nSPS) is 11.6. The van der Waals surface area contributed by atoms with E-state index in [1.165, 1.54) is 10.9 Å². The lowest BCUT2D eigenvalue weighted by Crippen LogP contribution is -2.18. The van der Waals surface area contributed by atoms with Crippen molar-refractivity contribution in [2.75, 3.05) is 4.72 Å². The highest BCUT2D eigenvalue weighted by atomic mass is 32.2. The summed E-state index contributed by atoms with van der Waals surface area (Å²) in [6.07, 6.45) is 1.36. The highest BCUT2D eigenvalue weighted by molar-refractivity contribution is 7.93. The first-order valence-corrected chi connectivity index (χ1v) is 8.91. The number of para-hydroxylation sites is 1. The Kier molecular flexibility index (Phi) is 3.81. The molecule has 2 aromatic heterocycles. The number of hydrogen-bond acceptors (Lipinski definition) is 4. The molecule has 2 heterocycles. The molecule has 0 spiro atoms. The average Bonchev–Trinajstić information content (AvgIpc) is 3.06. The van der Waals surface area contributed by atoms with E-state index < -0.39 is 10.0 Å². The van der Waals surface area contributed by atoms with E-state index >= 15 is 0 Å². The predicted molar refractivity (Wildman–Crippen MR) is 91.1 cm³/mol. The molecule has 0 aliphatic heterocycles. The minimum absolute atomic E-state index is 0.187. The molecule has 0 bridgehead atoms. The van der Waals surface area contributed by atoms with Crippen LogP contribution in [0.15, 0.2) is 35.4 Å². The maximum Gasteiger partial charge on any atom is 0.265 e. The van der Waals surface area contributed by atoms with E-state index in [0.29, 0.717) is 17.6 Å². The van der Waals surface area contributed by atoms with Crippen molar-refractivity contribution in [2.45, 2.75) is 25.3 Å². The number of nitrogens with one attached hydrogen (secondary N) is 1. The first-order valence-electron chi connectivity index (χ1n) is 7.43. The topological polar surface area (TPSA) is 92.7 Å². The van der Waals surface area contributed by atoms with Crippen LogP contribution in [0, 0.1) is 18.3 Å². The quantitative estimate of drug-likeness (QED) is 0.787. The van der Waals surface area contributed by atoms with Gasteiger partial charge in [-0.15, -0.1) is 0 Å². The van der Waals surface area contributed by atoms with Gasteiger partial charge in [-0.3, -0.25) is 4.72 Å². The maximum atomic E-state index is 13.0. The van der Waals surface area contributed by atoms with E-state index in [9.17, 15) is 13.7 Å². The molecule has 0 saturated heterocycles. The lowest BCUT2D eigenvalue weighted by molar-refractivity contribution is 0.598. The van der Waals surface area contributed by atoms with Crippen molar-refractivity contribution >= 4 is 26.7 Å². The predicted octanol–water partition coefficient (Wildman–Crippen LogP) is 2.38. The molecule has 24 heavy (non-hydrogen) atoms. The fraction of sp³-hybridized carbons (Fsp3) is 0.250. The first kappa shape index (κ1) is 16.1. The molecule has 3 rings (SSSR count). The van der Waals surface area contributed by atoms with Gasteiger partial charge in [0.05, 0.1) is 6.20 Å². The van der Waals surface area contributed by atoms with Crippen LogP contribution >= 0.6 is 0 Å². The molecular weight excluding hydrogens is 326 g/mol. The summed E-state index contributed by atoms with van der Waals surface area (Å²) in [5, 5.41) is 13.9. The highest BCUT2D eigenvalue weighted by Gasteiger charge is 2.26. The minimum Gasteiger partial charge on any atom is -0.347 e. The number of anilines is 1. The number of sulfonamides is 1. The number of aromatic nitrogens is 3. The Labute approximate surface area is 140 Å². The molecule has 0 radical (unpaired) electrons.